The van der Waals surface area contributed by atoms with E-state index in [1.165, 1.54) is 105 Å². The molecule has 0 radical (unpaired) electrons. The molecule has 11 aromatic heterocycles. The molecule has 0 spiro atoms. The van der Waals surface area contributed by atoms with Crippen LogP contribution in [0, 0.1) is 36.0 Å². The smallest absolute Gasteiger partial charge is 0.280 e. The van der Waals surface area contributed by atoms with Crippen LogP contribution >= 0.6 is 11.3 Å². The zero-order chi connectivity index (χ0) is 99.4. The normalized spacial score (nSPS) is 16.0. The van der Waals surface area contributed by atoms with Crippen molar-refractivity contribution in [1.82, 2.24) is 99.2 Å². The van der Waals surface area contributed by atoms with Crippen LogP contribution in [0.15, 0.2) is 248 Å². The molecule has 9 aromatic carbocycles. The van der Waals surface area contributed by atoms with Crippen LogP contribution in [0.1, 0.15) is 51.5 Å². The quantitative estimate of drug-likeness (QED) is 0.0559. The fourth-order valence-electron chi connectivity index (χ4n) is 21.1. The van der Waals surface area contributed by atoms with Crippen molar-refractivity contribution in [3.05, 3.63) is 310 Å². The van der Waals surface area contributed by atoms with Crippen molar-refractivity contribution in [1.29, 1.82) is 0 Å². The third-order valence-electron chi connectivity index (χ3n) is 29.0. The maximum atomic E-state index is 15.3. The number of benzene rings is 9. The minimum atomic E-state index is -0.527. The van der Waals surface area contributed by atoms with Gasteiger partial charge in [-0.2, -0.15) is 11.3 Å². The Balaban J connectivity index is 0.000000103. The Labute approximate surface area is 831 Å². The largest absolute Gasteiger partial charge is 0.369 e. The van der Waals surface area contributed by atoms with Gasteiger partial charge in [-0.05, 0) is 180 Å². The number of aromatic nitrogens is 15. The Morgan fingerprint density at radius 1 is 0.317 bits per heavy atom. The lowest BCUT2D eigenvalue weighted by atomic mass is 10.1. The van der Waals surface area contributed by atoms with Gasteiger partial charge in [0.15, 0.2) is 0 Å². The predicted molar refractivity (Wildman–Crippen MR) is 568 cm³/mol. The molecule has 5 saturated heterocycles. The maximum absolute atomic E-state index is 15.3. The Bertz CT molecular complexity index is 8560. The van der Waals surface area contributed by atoms with Gasteiger partial charge in [0.1, 0.15) is 34.8 Å². The number of para-hydroxylation sites is 4. The lowest BCUT2D eigenvalue weighted by Gasteiger charge is -2.39. The molecule has 36 heteroatoms. The average molecular weight is 1980 g/mol. The highest BCUT2D eigenvalue weighted by atomic mass is 32.1. The molecule has 16 heterocycles. The van der Waals surface area contributed by atoms with Gasteiger partial charge in [0.05, 0.1) is 128 Å². The maximum Gasteiger partial charge on any atom is 0.280 e. The van der Waals surface area contributed by atoms with Crippen LogP contribution in [-0.4, -0.2) is 239 Å². The zero-order valence-electron chi connectivity index (χ0n) is 80.6. The number of aromatic amines is 5. The first-order chi connectivity index (χ1) is 70.7. The Hall–Kier alpha value is -15.5. The molecule has 0 atom stereocenters. The molecule has 0 bridgehead atoms. The van der Waals surface area contributed by atoms with Crippen molar-refractivity contribution in [2.24, 2.45) is 0 Å². The molecule has 1 saturated carbocycles. The van der Waals surface area contributed by atoms with E-state index in [0.29, 0.717) is 135 Å². The van der Waals surface area contributed by atoms with Crippen LogP contribution in [-0.2, 0) is 0 Å². The second kappa shape index (κ2) is 40.4. The Morgan fingerprint density at radius 2 is 0.648 bits per heavy atom. The molecule has 26 rings (SSSR count). The molecule has 1 aliphatic carbocycles. The Kier molecular flexibility index (Phi) is 26.3. The van der Waals surface area contributed by atoms with Gasteiger partial charge in [-0.15, -0.1) is 0 Å². The predicted octanol–water partition coefficient (Wildman–Crippen LogP) is 16.0. The van der Waals surface area contributed by atoms with E-state index >= 15 is 8.78 Å². The molecule has 0 amide bonds. The first-order valence-electron chi connectivity index (χ1n) is 49.4. The van der Waals surface area contributed by atoms with E-state index in [2.05, 4.69) is 130 Å². The van der Waals surface area contributed by atoms with Crippen LogP contribution in [0.3, 0.4) is 0 Å². The van der Waals surface area contributed by atoms with E-state index < -0.39 is 11.4 Å². The molecule has 0 unspecified atom stereocenters. The summed E-state index contributed by atoms with van der Waals surface area (Å²) >= 11 is 1.51. The van der Waals surface area contributed by atoms with Crippen LogP contribution in [0.2, 0.25) is 0 Å². The summed E-state index contributed by atoms with van der Waals surface area (Å²) < 4.78 is 81.4. The number of rotatable bonds is 12. The van der Waals surface area contributed by atoms with Gasteiger partial charge in [0.2, 0.25) is 0 Å². The summed E-state index contributed by atoms with van der Waals surface area (Å²) in [5.74, 6) is -1.75. The first kappa shape index (κ1) is 94.4. The molecule has 6 fully saturated rings. The van der Waals surface area contributed by atoms with E-state index in [1.54, 1.807) is 59.8 Å². The van der Waals surface area contributed by atoms with Gasteiger partial charge in [-0.25, -0.2) is 45.4 Å². The molecule has 20 aromatic rings. The summed E-state index contributed by atoms with van der Waals surface area (Å²) in [6.07, 6.45) is 14.1. The first-order valence-corrected chi connectivity index (χ1v) is 50.4. The van der Waals surface area contributed by atoms with Gasteiger partial charge < -0.3 is 40.0 Å². The summed E-state index contributed by atoms with van der Waals surface area (Å²) in [6, 6.07) is 54.8. The van der Waals surface area contributed by atoms with Crippen molar-refractivity contribution in [3.8, 4) is 28.4 Å². The van der Waals surface area contributed by atoms with Gasteiger partial charge in [-0.1, -0.05) is 79.6 Å². The van der Waals surface area contributed by atoms with E-state index in [0.717, 1.165) is 168 Å². The number of hydrogen-bond donors (Lipinski definition) is 7. The van der Waals surface area contributed by atoms with Crippen molar-refractivity contribution in [3.63, 3.8) is 0 Å². The summed E-state index contributed by atoms with van der Waals surface area (Å²) in [4.78, 5) is 104. The molecule has 6 aliphatic rings. The summed E-state index contributed by atoms with van der Waals surface area (Å²) in [7, 11) is 2.09. The number of nitrogens with zero attached hydrogens (tertiary/aromatic N) is 18. The second-order valence-electron chi connectivity index (χ2n) is 38.1. The minimum Gasteiger partial charge on any atom is -0.369 e. The standard InChI is InChI=1S/C25H26FN5O.C24H27N5O.C22H22FN5O.C20H17F2N5O.C18H16FN5OS/c26-21-14-19-22(15-23(21)30-12-10-29(11-13-30)17-6-4-5-7-17)27-16-20-24(19)28-31(25(20)32)18-8-2-1-3-9-18;1-16(2)27-9-11-28(12-10-27)22-14-21-19(13-17(22)3)23-20(15-25-21)24(30)29(26-23)18-7-5-4-6-8-18;1-26-8-5-9-27(11-10-26)20-13-19-16(12-18(20)23)21-17(14-24-19)22(29)28(25-21)15-6-3-2-4-7-15;21-14-3-1-2-4-17(14)27-20(28)13-11-24-16-10-18(26-7-5-23-6-8-26)15(22)9-12(16)19(13)25-27;19-14-7-12-15(8-16(14)23-4-2-20-3-5-23)21-9-13-17(12)22-24(18(13)25)11-1-6-26-10-11/h1-3,8-9,14-17,28H,4-7,10-13H2;4-8,13-16,26H,9-12H2,1-3H3;2-4,6-7,12-14,25H,5,8-11H2,1H3;1-4,9-11,23,25H,5-8H2;1,6-10,20,22H,2-5H2. The number of halogens is 5. The number of likely N-dealkylation sites (N-methyl/N-ethyl adjacent to an activating group) is 1. The number of piperazine rings is 4. The Morgan fingerprint density at radius 3 is 1.03 bits per heavy atom. The molecule has 30 nitrogen and oxygen atoms in total. The monoisotopic (exact) mass is 1970 g/mol. The number of thiophene rings is 1. The number of hydrogen-bond acceptors (Lipinski definition) is 21. The van der Waals surface area contributed by atoms with Crippen LogP contribution in [0.25, 0.3) is 137 Å². The molecule has 740 valence electrons. The van der Waals surface area contributed by atoms with E-state index in [-0.39, 0.29) is 56.6 Å². The van der Waals surface area contributed by atoms with E-state index in [1.807, 2.05) is 124 Å². The summed E-state index contributed by atoms with van der Waals surface area (Å²) in [6.45, 7) is 24.2. The minimum absolute atomic E-state index is 0.0721. The third kappa shape index (κ3) is 18.5. The third-order valence-corrected chi connectivity index (χ3v) is 29.6. The summed E-state index contributed by atoms with van der Waals surface area (Å²) in [5, 5.41) is 31.5. The topological polar surface area (TPSA) is 303 Å². The highest BCUT2D eigenvalue weighted by molar-refractivity contribution is 7.08. The summed E-state index contributed by atoms with van der Waals surface area (Å²) in [5.41, 5.74) is 13.4. The molecule has 145 heavy (non-hydrogen) atoms. The molecular weight excluding hydrogens is 1870 g/mol. The number of pyridine rings is 5. The number of anilines is 5. The van der Waals surface area contributed by atoms with Gasteiger partial charge >= 0.3 is 0 Å². The molecular formula is C109H108F5N25O5S. The van der Waals surface area contributed by atoms with Crippen molar-refractivity contribution in [2.75, 3.05) is 162 Å². The second-order valence-corrected chi connectivity index (χ2v) is 38.9. The fourth-order valence-corrected chi connectivity index (χ4v) is 21.7. The SMILES string of the molecule is CN1CCCN(c2cc3ncc4c(=O)n(-c5ccccc5)[nH]c4c3cc2F)CC1.Cc1cc2c(cc1N1CCN(C(C)C)CC1)ncc1c(=O)n(-c3ccccc3)[nH]c12.O=c1c2cnc3cc(N4CCN(C5CCCC5)CC4)c(F)cc3c2[nH]n1-c1ccccc1.O=c1c2cnc3cc(N4CCNCC4)c(F)cc3c2[nH]n1-c1ccccc1F.O=c1c2cnc3cc(N4CCNCC4)c(F)cc3c2[nH]n1-c1ccsc1. The highest BCUT2D eigenvalue weighted by Gasteiger charge is 2.31. The fraction of sp³-hybridized carbons (Fsp3) is 0.284. The van der Waals surface area contributed by atoms with E-state index in [4.69, 9.17) is 0 Å². The van der Waals surface area contributed by atoms with Crippen LogP contribution in [0.4, 0.5) is 50.4 Å². The number of fused-ring (bicyclic) bond motifs is 15. The van der Waals surface area contributed by atoms with Crippen LogP contribution in [0.5, 0.6) is 0 Å². The lowest BCUT2D eigenvalue weighted by Crippen LogP contribution is -2.50. The van der Waals surface area contributed by atoms with Gasteiger partial charge in [0.25, 0.3) is 27.8 Å². The zero-order valence-corrected chi connectivity index (χ0v) is 81.4. The average Bonchev–Trinajstić information content (AvgIpc) is 1.67. The van der Waals surface area contributed by atoms with E-state index in [9.17, 15) is 37.1 Å². The number of H-pyrrole nitrogens is 5. The van der Waals surface area contributed by atoms with Crippen LogP contribution < -0.4 is 62.9 Å². The van der Waals surface area contributed by atoms with Gasteiger partial charge in [-0.3, -0.25) is 84.2 Å². The van der Waals surface area contributed by atoms with Crippen molar-refractivity contribution >= 4 is 149 Å². The van der Waals surface area contributed by atoms with Gasteiger partial charge in [0, 0.05) is 205 Å². The lowest BCUT2D eigenvalue weighted by molar-refractivity contribution is 0.187. The molecule has 7 N–H and O–H groups in total. The van der Waals surface area contributed by atoms with Crippen molar-refractivity contribution < 1.29 is 22.0 Å². The number of aryl methyl sites for hydroxylation is 1. The highest BCUT2D eigenvalue weighted by Crippen LogP contribution is 2.38. The van der Waals surface area contributed by atoms with Crippen molar-refractivity contribution in [2.45, 2.75) is 65.0 Å². The number of nitrogens with one attached hydrogen (secondary N) is 7. The molecule has 5 aliphatic heterocycles.